The van der Waals surface area contributed by atoms with Crippen molar-refractivity contribution in [1.29, 1.82) is 0 Å². The molecular weight excluding hydrogens is 371 g/mol. The van der Waals surface area contributed by atoms with Gasteiger partial charge in [-0.25, -0.2) is 0 Å². The molecule has 3 rings (SSSR count). The number of nitrogens with one attached hydrogen (secondary N) is 2. The summed E-state index contributed by atoms with van der Waals surface area (Å²) in [5, 5.41) is 5.03. The van der Waals surface area contributed by atoms with Crippen LogP contribution in [0.3, 0.4) is 0 Å². The first-order valence-electron chi connectivity index (χ1n) is 8.92. The lowest BCUT2D eigenvalue weighted by atomic mass is 10.1. The molecule has 2 amide bonds. The van der Waals surface area contributed by atoms with E-state index >= 15 is 0 Å². The van der Waals surface area contributed by atoms with E-state index < -0.39 is 23.6 Å². The third-order valence-corrected chi connectivity index (χ3v) is 4.40. The van der Waals surface area contributed by atoms with E-state index in [1.165, 1.54) is 6.07 Å². The molecule has 0 aromatic heterocycles. The Morgan fingerprint density at radius 3 is 2.25 bits per heavy atom. The summed E-state index contributed by atoms with van der Waals surface area (Å²) in [6.45, 7) is 1.70. The van der Waals surface area contributed by atoms with Crippen molar-refractivity contribution >= 4 is 23.2 Å². The van der Waals surface area contributed by atoms with Gasteiger partial charge in [-0.1, -0.05) is 18.2 Å². The highest BCUT2D eigenvalue weighted by atomic mass is 19.4. The van der Waals surface area contributed by atoms with E-state index in [0.717, 1.165) is 38.1 Å². The number of amides is 2. The molecule has 1 aliphatic rings. The Hall–Kier alpha value is -2.87. The summed E-state index contributed by atoms with van der Waals surface area (Å²) in [4.78, 5) is 26.5. The Balaban J connectivity index is 1.80. The van der Waals surface area contributed by atoms with Crippen molar-refractivity contribution in [2.24, 2.45) is 0 Å². The maximum atomic E-state index is 13.3. The van der Waals surface area contributed by atoms with Gasteiger partial charge < -0.3 is 10.6 Å². The van der Waals surface area contributed by atoms with E-state index in [-0.39, 0.29) is 17.8 Å². The van der Waals surface area contributed by atoms with E-state index in [1.54, 1.807) is 30.3 Å². The van der Waals surface area contributed by atoms with Crippen LogP contribution in [0.5, 0.6) is 0 Å². The SMILES string of the molecule is O=C(CN1CCCC1)Nc1cc(C(=O)Nc2ccccc2)cc(C(F)(F)F)c1. The average Bonchev–Trinajstić information content (AvgIpc) is 3.14. The van der Waals surface area contributed by atoms with Gasteiger partial charge in [-0.15, -0.1) is 0 Å². The summed E-state index contributed by atoms with van der Waals surface area (Å²) in [6.07, 6.45) is -2.64. The number of halogens is 3. The maximum Gasteiger partial charge on any atom is 0.416 e. The smallest absolute Gasteiger partial charge is 0.325 e. The first kappa shape index (κ1) is 19.9. The molecule has 0 spiro atoms. The van der Waals surface area contributed by atoms with Gasteiger partial charge in [0.25, 0.3) is 5.91 Å². The summed E-state index contributed by atoms with van der Waals surface area (Å²) in [5.74, 6) is -1.09. The van der Waals surface area contributed by atoms with Gasteiger partial charge in [0.15, 0.2) is 0 Å². The number of hydrogen-bond acceptors (Lipinski definition) is 3. The molecule has 2 N–H and O–H groups in total. The number of likely N-dealkylation sites (tertiary alicyclic amines) is 1. The molecule has 0 atom stereocenters. The number of alkyl halides is 3. The lowest BCUT2D eigenvalue weighted by Gasteiger charge is -2.16. The van der Waals surface area contributed by atoms with Crippen molar-refractivity contribution in [2.45, 2.75) is 19.0 Å². The number of hydrogen-bond donors (Lipinski definition) is 2. The van der Waals surface area contributed by atoms with Gasteiger partial charge in [-0.05, 0) is 56.3 Å². The maximum absolute atomic E-state index is 13.3. The van der Waals surface area contributed by atoms with Crippen LogP contribution in [-0.4, -0.2) is 36.3 Å². The molecule has 8 heteroatoms. The average molecular weight is 391 g/mol. The summed E-state index contributed by atoms with van der Waals surface area (Å²) in [7, 11) is 0. The first-order valence-corrected chi connectivity index (χ1v) is 8.92. The Morgan fingerprint density at radius 1 is 0.929 bits per heavy atom. The highest BCUT2D eigenvalue weighted by Crippen LogP contribution is 2.32. The molecule has 0 saturated carbocycles. The quantitative estimate of drug-likeness (QED) is 0.810. The van der Waals surface area contributed by atoms with E-state index in [4.69, 9.17) is 0 Å². The lowest BCUT2D eigenvalue weighted by Crippen LogP contribution is -2.31. The first-order chi connectivity index (χ1) is 13.3. The molecule has 1 fully saturated rings. The van der Waals surface area contributed by atoms with Crippen LogP contribution < -0.4 is 10.6 Å². The van der Waals surface area contributed by atoms with E-state index in [9.17, 15) is 22.8 Å². The van der Waals surface area contributed by atoms with Crippen LogP contribution in [0.4, 0.5) is 24.5 Å². The molecule has 0 bridgehead atoms. The van der Waals surface area contributed by atoms with Gasteiger partial charge in [-0.2, -0.15) is 13.2 Å². The minimum Gasteiger partial charge on any atom is -0.325 e. The van der Waals surface area contributed by atoms with Gasteiger partial charge in [0, 0.05) is 16.9 Å². The number of benzene rings is 2. The number of carbonyl (C=O) groups excluding carboxylic acids is 2. The van der Waals surface area contributed by atoms with Gasteiger partial charge in [0.1, 0.15) is 0 Å². The molecular formula is C20H20F3N3O2. The zero-order chi connectivity index (χ0) is 20.1. The van der Waals surface area contributed by atoms with Gasteiger partial charge in [-0.3, -0.25) is 14.5 Å². The van der Waals surface area contributed by atoms with Gasteiger partial charge in [0.2, 0.25) is 5.91 Å². The number of rotatable bonds is 5. The fourth-order valence-corrected chi connectivity index (χ4v) is 3.06. The zero-order valence-electron chi connectivity index (χ0n) is 15.1. The Labute approximate surface area is 160 Å². The second kappa shape index (κ2) is 8.43. The van der Waals surface area contributed by atoms with Gasteiger partial charge >= 0.3 is 6.18 Å². The third-order valence-electron chi connectivity index (χ3n) is 4.40. The van der Waals surface area contributed by atoms with Crippen molar-refractivity contribution in [3.05, 3.63) is 59.7 Å². The van der Waals surface area contributed by atoms with Crippen LogP contribution in [0.25, 0.3) is 0 Å². The zero-order valence-corrected chi connectivity index (χ0v) is 15.1. The largest absolute Gasteiger partial charge is 0.416 e. The molecule has 0 aliphatic carbocycles. The molecule has 1 aliphatic heterocycles. The minimum atomic E-state index is -4.64. The number of carbonyl (C=O) groups is 2. The summed E-state index contributed by atoms with van der Waals surface area (Å²) in [5.41, 5.74) is -0.776. The van der Waals surface area contributed by atoms with Crippen molar-refractivity contribution in [3.8, 4) is 0 Å². The topological polar surface area (TPSA) is 61.4 Å². The molecule has 1 saturated heterocycles. The van der Waals surface area contributed by atoms with Gasteiger partial charge in [0.05, 0.1) is 12.1 Å². The van der Waals surface area contributed by atoms with Crippen LogP contribution in [0.15, 0.2) is 48.5 Å². The molecule has 5 nitrogen and oxygen atoms in total. The lowest BCUT2D eigenvalue weighted by molar-refractivity contribution is -0.137. The van der Waals surface area contributed by atoms with Crippen LogP contribution in [0.2, 0.25) is 0 Å². The summed E-state index contributed by atoms with van der Waals surface area (Å²) in [6, 6.07) is 11.3. The monoisotopic (exact) mass is 391 g/mol. The molecule has 1 heterocycles. The van der Waals surface area contributed by atoms with Crippen molar-refractivity contribution in [2.75, 3.05) is 30.3 Å². The van der Waals surface area contributed by atoms with E-state index in [2.05, 4.69) is 10.6 Å². The summed E-state index contributed by atoms with van der Waals surface area (Å²) >= 11 is 0. The Kier molecular flexibility index (Phi) is 5.99. The van der Waals surface area contributed by atoms with Crippen LogP contribution in [0, 0.1) is 0 Å². The Morgan fingerprint density at radius 2 is 1.61 bits per heavy atom. The van der Waals surface area contributed by atoms with E-state index in [0.29, 0.717) is 5.69 Å². The number of nitrogens with zero attached hydrogens (tertiary/aromatic N) is 1. The van der Waals surface area contributed by atoms with Crippen molar-refractivity contribution < 1.29 is 22.8 Å². The van der Waals surface area contributed by atoms with Crippen molar-refractivity contribution in [3.63, 3.8) is 0 Å². The van der Waals surface area contributed by atoms with E-state index in [1.807, 2.05) is 4.90 Å². The molecule has 0 unspecified atom stereocenters. The molecule has 28 heavy (non-hydrogen) atoms. The second-order valence-electron chi connectivity index (χ2n) is 6.65. The summed E-state index contributed by atoms with van der Waals surface area (Å²) < 4.78 is 39.8. The number of para-hydroxylation sites is 1. The fraction of sp³-hybridized carbons (Fsp3) is 0.300. The van der Waals surface area contributed by atoms with Crippen molar-refractivity contribution in [1.82, 2.24) is 4.90 Å². The Bertz CT molecular complexity index is 848. The van der Waals surface area contributed by atoms with Crippen LogP contribution in [-0.2, 0) is 11.0 Å². The predicted molar refractivity (Wildman–Crippen MR) is 100 cm³/mol. The normalized spacial score (nSPS) is 14.7. The second-order valence-corrected chi connectivity index (χ2v) is 6.65. The molecule has 0 radical (unpaired) electrons. The molecule has 2 aromatic carbocycles. The van der Waals surface area contributed by atoms with Crippen LogP contribution >= 0.6 is 0 Å². The minimum absolute atomic E-state index is 0.0581. The molecule has 2 aromatic rings. The third kappa shape index (κ3) is 5.32. The molecule has 148 valence electrons. The highest BCUT2D eigenvalue weighted by molar-refractivity contribution is 6.05. The highest BCUT2D eigenvalue weighted by Gasteiger charge is 2.32. The predicted octanol–water partition coefficient (Wildman–Crippen LogP) is 3.99. The number of anilines is 2. The fourth-order valence-electron chi connectivity index (χ4n) is 3.06. The standard InChI is InChI=1S/C20H20F3N3O2/c21-20(22,23)15-10-14(19(28)25-16-6-2-1-3-7-16)11-17(12-15)24-18(27)13-26-8-4-5-9-26/h1-3,6-7,10-12H,4-5,8-9,13H2,(H,24,27)(H,25,28). The van der Waals surface area contributed by atoms with Crippen LogP contribution in [0.1, 0.15) is 28.8 Å².